The Morgan fingerprint density at radius 3 is 2.48 bits per heavy atom. The number of piperazine rings is 1. The van der Waals surface area contributed by atoms with Crippen LogP contribution in [0.2, 0.25) is 8.67 Å². The zero-order valence-corrected chi connectivity index (χ0v) is 13.9. The van der Waals surface area contributed by atoms with Gasteiger partial charge < -0.3 is 9.64 Å². The molecule has 0 N–H and O–H groups in total. The predicted molar refractivity (Wildman–Crippen MR) is 83.7 cm³/mol. The molecule has 1 aromatic rings. The van der Waals surface area contributed by atoms with Crippen LogP contribution in [0.4, 0.5) is 4.79 Å². The van der Waals surface area contributed by atoms with Crippen molar-refractivity contribution in [2.75, 3.05) is 39.3 Å². The van der Waals surface area contributed by atoms with E-state index in [9.17, 15) is 9.59 Å². The molecule has 1 saturated heterocycles. The number of rotatable bonds is 4. The van der Waals surface area contributed by atoms with E-state index in [1.165, 1.54) is 11.3 Å². The highest BCUT2D eigenvalue weighted by Crippen LogP contribution is 2.31. The lowest BCUT2D eigenvalue weighted by Crippen LogP contribution is -2.50. The largest absolute Gasteiger partial charge is 0.450 e. The average molecular weight is 351 g/mol. The normalized spacial score (nSPS) is 16.0. The van der Waals surface area contributed by atoms with Gasteiger partial charge in [0.1, 0.15) is 4.34 Å². The second-order valence-corrected chi connectivity index (χ2v) is 6.91. The van der Waals surface area contributed by atoms with Crippen molar-refractivity contribution in [3.05, 3.63) is 20.3 Å². The van der Waals surface area contributed by atoms with Gasteiger partial charge in [-0.1, -0.05) is 23.2 Å². The fourth-order valence-electron chi connectivity index (χ4n) is 2.12. The molecule has 2 heterocycles. The first-order chi connectivity index (χ1) is 10.0. The quantitative estimate of drug-likeness (QED) is 0.783. The van der Waals surface area contributed by atoms with Gasteiger partial charge in [-0.15, -0.1) is 11.3 Å². The van der Waals surface area contributed by atoms with Crippen LogP contribution >= 0.6 is 34.5 Å². The summed E-state index contributed by atoms with van der Waals surface area (Å²) in [6.45, 7) is 4.83. The summed E-state index contributed by atoms with van der Waals surface area (Å²) in [4.78, 5) is 27.4. The van der Waals surface area contributed by atoms with Gasteiger partial charge in [0.05, 0.1) is 23.1 Å². The zero-order valence-electron chi connectivity index (χ0n) is 11.6. The molecule has 0 atom stereocenters. The van der Waals surface area contributed by atoms with Crippen LogP contribution in [0.15, 0.2) is 6.07 Å². The second kappa shape index (κ2) is 7.45. The fraction of sp³-hybridized carbons (Fsp3) is 0.538. The molecular weight excluding hydrogens is 335 g/mol. The number of thiophene rings is 1. The molecular formula is C13H16Cl2N2O3S. The molecule has 0 spiro atoms. The molecule has 1 aromatic heterocycles. The van der Waals surface area contributed by atoms with Crippen LogP contribution in [0.3, 0.4) is 0 Å². The maximum Gasteiger partial charge on any atom is 0.409 e. The number of ether oxygens (including phenoxy) is 1. The standard InChI is InChI=1S/C13H16Cl2N2O3S/c1-2-20-13(19)17-5-3-16(4-6-17)8-10(18)9-7-11(14)21-12(9)15/h7H,2-6,8H2,1H3. The SMILES string of the molecule is CCOC(=O)N1CCN(CC(=O)c2cc(Cl)sc2Cl)CC1. The average Bonchev–Trinajstić information content (AvgIpc) is 2.79. The van der Waals surface area contributed by atoms with E-state index in [1.54, 1.807) is 17.9 Å². The van der Waals surface area contributed by atoms with Crippen molar-refractivity contribution in [3.63, 3.8) is 0 Å². The Kier molecular flexibility index (Phi) is 5.87. The van der Waals surface area contributed by atoms with E-state index in [-0.39, 0.29) is 18.4 Å². The Morgan fingerprint density at radius 2 is 1.95 bits per heavy atom. The summed E-state index contributed by atoms with van der Waals surface area (Å²) in [5.74, 6) is -0.0484. The van der Waals surface area contributed by atoms with E-state index in [0.717, 1.165) is 0 Å². The van der Waals surface area contributed by atoms with Crippen LogP contribution in [0, 0.1) is 0 Å². The van der Waals surface area contributed by atoms with Gasteiger partial charge in [0, 0.05) is 26.2 Å². The lowest BCUT2D eigenvalue weighted by molar-refractivity contribution is 0.0733. The summed E-state index contributed by atoms with van der Waals surface area (Å²) < 4.78 is 5.89. The van der Waals surface area contributed by atoms with Gasteiger partial charge in [0.25, 0.3) is 0 Å². The Hall–Kier alpha value is -0.820. The number of halogens is 2. The molecule has 2 rings (SSSR count). The lowest BCUT2D eigenvalue weighted by Gasteiger charge is -2.33. The Morgan fingerprint density at radius 1 is 1.29 bits per heavy atom. The highest BCUT2D eigenvalue weighted by Gasteiger charge is 2.24. The number of Topliss-reactive ketones (excluding diaryl/α,β-unsaturated/α-hetero) is 1. The summed E-state index contributed by atoms with van der Waals surface area (Å²) in [6.07, 6.45) is -0.295. The van der Waals surface area contributed by atoms with Crippen molar-refractivity contribution in [3.8, 4) is 0 Å². The van der Waals surface area contributed by atoms with E-state index in [0.29, 0.717) is 47.0 Å². The third-order valence-corrected chi connectivity index (χ3v) is 4.71. The van der Waals surface area contributed by atoms with Crippen LogP contribution < -0.4 is 0 Å². The summed E-state index contributed by atoms with van der Waals surface area (Å²) in [5.41, 5.74) is 0.472. The summed E-state index contributed by atoms with van der Waals surface area (Å²) in [6, 6.07) is 1.60. The molecule has 0 bridgehead atoms. The highest BCUT2D eigenvalue weighted by molar-refractivity contribution is 7.20. The third-order valence-electron chi connectivity index (χ3n) is 3.22. The van der Waals surface area contributed by atoms with E-state index in [4.69, 9.17) is 27.9 Å². The topological polar surface area (TPSA) is 49.9 Å². The Bertz CT molecular complexity index is 527. The van der Waals surface area contributed by atoms with Crippen molar-refractivity contribution >= 4 is 46.4 Å². The minimum atomic E-state index is -0.295. The molecule has 1 aliphatic heterocycles. The molecule has 8 heteroatoms. The van der Waals surface area contributed by atoms with Crippen molar-refractivity contribution in [2.24, 2.45) is 0 Å². The van der Waals surface area contributed by atoms with Gasteiger partial charge in [-0.3, -0.25) is 9.69 Å². The molecule has 0 unspecified atom stereocenters. The van der Waals surface area contributed by atoms with Gasteiger partial charge in [-0.2, -0.15) is 0 Å². The molecule has 116 valence electrons. The van der Waals surface area contributed by atoms with Crippen LogP contribution in [0.1, 0.15) is 17.3 Å². The van der Waals surface area contributed by atoms with Gasteiger partial charge in [-0.05, 0) is 13.0 Å². The zero-order chi connectivity index (χ0) is 15.4. The van der Waals surface area contributed by atoms with E-state index >= 15 is 0 Å². The van der Waals surface area contributed by atoms with Crippen LogP contribution in [0.25, 0.3) is 0 Å². The van der Waals surface area contributed by atoms with E-state index in [2.05, 4.69) is 0 Å². The first-order valence-corrected chi connectivity index (χ1v) is 8.20. The van der Waals surface area contributed by atoms with Crippen molar-refractivity contribution in [1.29, 1.82) is 0 Å². The first-order valence-electron chi connectivity index (χ1n) is 6.63. The summed E-state index contributed by atoms with van der Waals surface area (Å²) in [5, 5.41) is 0. The molecule has 0 aromatic carbocycles. The van der Waals surface area contributed by atoms with Crippen molar-refractivity contribution < 1.29 is 14.3 Å². The molecule has 0 aliphatic carbocycles. The fourth-order valence-corrected chi connectivity index (χ4v) is 3.62. The highest BCUT2D eigenvalue weighted by atomic mass is 35.5. The summed E-state index contributed by atoms with van der Waals surface area (Å²) in [7, 11) is 0. The van der Waals surface area contributed by atoms with E-state index < -0.39 is 0 Å². The minimum absolute atomic E-state index is 0.0484. The molecule has 21 heavy (non-hydrogen) atoms. The Labute approximate surface area is 137 Å². The number of hydrogen-bond acceptors (Lipinski definition) is 5. The monoisotopic (exact) mass is 350 g/mol. The van der Waals surface area contributed by atoms with Gasteiger partial charge in [0.2, 0.25) is 0 Å². The van der Waals surface area contributed by atoms with Crippen molar-refractivity contribution in [1.82, 2.24) is 9.80 Å². The molecule has 1 amide bonds. The second-order valence-electron chi connectivity index (χ2n) is 4.62. The maximum atomic E-state index is 12.2. The predicted octanol–water partition coefficient (Wildman–Crippen LogP) is 3.01. The molecule has 0 saturated carbocycles. The number of amides is 1. The van der Waals surface area contributed by atoms with Gasteiger partial charge in [0.15, 0.2) is 5.78 Å². The van der Waals surface area contributed by atoms with Crippen molar-refractivity contribution in [2.45, 2.75) is 6.92 Å². The number of carbonyl (C=O) groups is 2. The van der Waals surface area contributed by atoms with Crippen LogP contribution in [-0.2, 0) is 4.74 Å². The number of hydrogen-bond donors (Lipinski definition) is 0. The minimum Gasteiger partial charge on any atom is -0.450 e. The molecule has 0 radical (unpaired) electrons. The first kappa shape index (κ1) is 16.5. The van der Waals surface area contributed by atoms with Crippen LogP contribution in [-0.4, -0.2) is 61.0 Å². The number of nitrogens with zero attached hydrogens (tertiary/aromatic N) is 2. The van der Waals surface area contributed by atoms with E-state index in [1.807, 2.05) is 4.90 Å². The maximum absolute atomic E-state index is 12.2. The van der Waals surface area contributed by atoms with Crippen LogP contribution in [0.5, 0.6) is 0 Å². The number of carbonyl (C=O) groups excluding carboxylic acids is 2. The molecule has 1 fully saturated rings. The molecule has 1 aliphatic rings. The number of ketones is 1. The Balaban J connectivity index is 1.85. The molecule has 5 nitrogen and oxygen atoms in total. The van der Waals surface area contributed by atoms with Gasteiger partial charge >= 0.3 is 6.09 Å². The van der Waals surface area contributed by atoms with Gasteiger partial charge in [-0.25, -0.2) is 4.79 Å². The lowest BCUT2D eigenvalue weighted by atomic mass is 10.2. The summed E-state index contributed by atoms with van der Waals surface area (Å²) >= 11 is 13.0. The third kappa shape index (κ3) is 4.32. The smallest absolute Gasteiger partial charge is 0.409 e.